The van der Waals surface area contributed by atoms with Crippen molar-refractivity contribution < 1.29 is 32.2 Å². The average Bonchev–Trinajstić information content (AvgIpc) is 2.76. The number of carbonyl (C=O) groups is 2. The Hall–Kier alpha value is -2.49. The first-order valence-corrected chi connectivity index (χ1v) is 10.6. The topological polar surface area (TPSA) is 79.9 Å². The highest BCUT2D eigenvalue weighted by Gasteiger charge is 2.52. The van der Waals surface area contributed by atoms with E-state index < -0.39 is 17.5 Å². The number of nitrogens with zero attached hydrogens (tertiary/aromatic N) is 1. The van der Waals surface area contributed by atoms with Crippen LogP contribution in [-0.4, -0.2) is 69.8 Å². The zero-order valence-corrected chi connectivity index (χ0v) is 19.0. The Balaban J connectivity index is 1.72. The number of likely N-dealkylation sites (tertiary alicyclic amines) is 1. The zero-order chi connectivity index (χ0) is 23.9. The van der Waals surface area contributed by atoms with Crippen LogP contribution in [0.25, 0.3) is 0 Å². The Morgan fingerprint density at radius 3 is 2.09 bits per heavy atom. The number of hydrogen-bond donors (Lipinski definition) is 2. The molecule has 0 saturated carbocycles. The number of benzene rings is 1. The largest absolute Gasteiger partial charge is 0.497 e. The molecule has 10 heteroatoms. The quantitative estimate of drug-likeness (QED) is 0.594. The van der Waals surface area contributed by atoms with E-state index in [1.54, 1.807) is 18.2 Å². The van der Waals surface area contributed by atoms with Gasteiger partial charge in [0.1, 0.15) is 16.9 Å². The summed E-state index contributed by atoms with van der Waals surface area (Å²) in [4.78, 5) is 26.4. The van der Waals surface area contributed by atoms with Gasteiger partial charge in [-0.25, -0.2) is 0 Å². The van der Waals surface area contributed by atoms with Gasteiger partial charge in [-0.1, -0.05) is 0 Å². The van der Waals surface area contributed by atoms with Crippen molar-refractivity contribution in [1.82, 2.24) is 15.5 Å². The number of alkyl halides is 3. The molecule has 0 atom stereocenters. The van der Waals surface area contributed by atoms with E-state index in [4.69, 9.17) is 9.47 Å². The molecule has 0 radical (unpaired) electrons. The summed E-state index contributed by atoms with van der Waals surface area (Å²) in [6.45, 7) is 4.45. The lowest BCUT2D eigenvalue weighted by atomic mass is 9.91. The second-order valence-electron chi connectivity index (χ2n) is 8.48. The normalized spacial score (nSPS) is 15.8. The summed E-state index contributed by atoms with van der Waals surface area (Å²) in [6.07, 6.45) is -2.89. The number of amides is 2. The van der Waals surface area contributed by atoms with Crippen molar-refractivity contribution in [2.45, 2.75) is 32.9 Å². The first-order chi connectivity index (χ1) is 15.0. The standard InChI is InChI=1S/C22H32F3N3O4/c1-21(2,22(23,24)25)20(30)26-7-10-28-8-5-15(6-9-28)14-27-19(29)16-11-17(31-3)13-18(12-16)32-4/h11-13,15H,5-10,14H2,1-4H3,(H,26,30)(H,27,29). The zero-order valence-electron chi connectivity index (χ0n) is 19.0. The van der Waals surface area contributed by atoms with Crippen molar-refractivity contribution in [2.75, 3.05) is 46.9 Å². The molecular formula is C22H32F3N3O4. The number of ether oxygens (including phenoxy) is 2. The first kappa shape index (κ1) is 25.8. The fourth-order valence-corrected chi connectivity index (χ4v) is 3.37. The lowest BCUT2D eigenvalue weighted by molar-refractivity contribution is -0.211. The maximum Gasteiger partial charge on any atom is 0.402 e. The molecule has 0 spiro atoms. The van der Waals surface area contributed by atoms with Crippen LogP contribution < -0.4 is 20.1 Å². The summed E-state index contributed by atoms with van der Waals surface area (Å²) in [5.74, 6) is 0.153. The monoisotopic (exact) mass is 459 g/mol. The van der Waals surface area contributed by atoms with Crippen LogP contribution >= 0.6 is 0 Å². The van der Waals surface area contributed by atoms with E-state index in [1.165, 1.54) is 14.2 Å². The van der Waals surface area contributed by atoms with Gasteiger partial charge in [0.2, 0.25) is 5.91 Å². The molecule has 1 heterocycles. The van der Waals surface area contributed by atoms with Crippen molar-refractivity contribution in [3.8, 4) is 11.5 Å². The SMILES string of the molecule is COc1cc(OC)cc(C(=O)NCC2CCN(CCNC(=O)C(C)(C)C(F)(F)F)CC2)c1. The van der Waals surface area contributed by atoms with Crippen molar-refractivity contribution in [2.24, 2.45) is 11.3 Å². The molecule has 0 aromatic heterocycles. The summed E-state index contributed by atoms with van der Waals surface area (Å²) in [5, 5.41) is 5.33. The minimum atomic E-state index is -4.59. The van der Waals surface area contributed by atoms with Crippen LogP contribution in [0.15, 0.2) is 18.2 Å². The van der Waals surface area contributed by atoms with Crippen molar-refractivity contribution >= 4 is 11.8 Å². The van der Waals surface area contributed by atoms with Crippen LogP contribution in [-0.2, 0) is 4.79 Å². The summed E-state index contributed by atoms with van der Waals surface area (Å²) in [6, 6.07) is 4.99. The van der Waals surface area contributed by atoms with E-state index in [1.807, 2.05) is 0 Å². The van der Waals surface area contributed by atoms with E-state index >= 15 is 0 Å². The molecule has 1 aliphatic heterocycles. The molecule has 7 nitrogen and oxygen atoms in total. The van der Waals surface area contributed by atoms with Gasteiger partial charge in [0.25, 0.3) is 5.91 Å². The highest BCUT2D eigenvalue weighted by molar-refractivity contribution is 5.95. The second kappa shape index (κ2) is 10.9. The van der Waals surface area contributed by atoms with Crippen molar-refractivity contribution in [3.63, 3.8) is 0 Å². The van der Waals surface area contributed by atoms with Crippen LogP contribution in [0.4, 0.5) is 13.2 Å². The third-order valence-electron chi connectivity index (χ3n) is 5.86. The molecule has 32 heavy (non-hydrogen) atoms. The number of hydrogen-bond acceptors (Lipinski definition) is 5. The molecular weight excluding hydrogens is 427 g/mol. The van der Waals surface area contributed by atoms with Crippen molar-refractivity contribution in [3.05, 3.63) is 23.8 Å². The third-order valence-corrected chi connectivity index (χ3v) is 5.86. The maximum atomic E-state index is 12.9. The summed E-state index contributed by atoms with van der Waals surface area (Å²) in [5.41, 5.74) is -1.96. The molecule has 2 amide bonds. The van der Waals surface area contributed by atoms with Gasteiger partial charge in [-0.05, 0) is 57.8 Å². The van der Waals surface area contributed by atoms with Gasteiger partial charge < -0.3 is 25.0 Å². The van der Waals surface area contributed by atoms with E-state index in [0.717, 1.165) is 39.8 Å². The van der Waals surface area contributed by atoms with E-state index in [9.17, 15) is 22.8 Å². The molecule has 2 N–H and O–H groups in total. The van der Waals surface area contributed by atoms with Crippen LogP contribution in [0.3, 0.4) is 0 Å². The number of halogens is 3. The lowest BCUT2D eigenvalue weighted by Crippen LogP contribution is -2.49. The first-order valence-electron chi connectivity index (χ1n) is 10.6. The minimum Gasteiger partial charge on any atom is -0.497 e. The highest BCUT2D eigenvalue weighted by Crippen LogP contribution is 2.37. The number of methoxy groups -OCH3 is 2. The molecule has 1 saturated heterocycles. The van der Waals surface area contributed by atoms with Gasteiger partial charge in [0.05, 0.1) is 14.2 Å². The maximum absolute atomic E-state index is 12.9. The van der Waals surface area contributed by atoms with Crippen molar-refractivity contribution in [1.29, 1.82) is 0 Å². The van der Waals surface area contributed by atoms with E-state index in [-0.39, 0.29) is 12.5 Å². The minimum absolute atomic E-state index is 0.164. The van der Waals surface area contributed by atoms with Gasteiger partial charge >= 0.3 is 6.18 Å². The average molecular weight is 460 g/mol. The van der Waals surface area contributed by atoms with Gasteiger partial charge in [0, 0.05) is 31.3 Å². The second-order valence-corrected chi connectivity index (χ2v) is 8.48. The Morgan fingerprint density at radius 2 is 1.59 bits per heavy atom. The van der Waals surface area contributed by atoms with Crippen LogP contribution in [0.2, 0.25) is 0 Å². The summed E-state index contributed by atoms with van der Waals surface area (Å²) in [7, 11) is 3.04. The smallest absolute Gasteiger partial charge is 0.402 e. The molecule has 1 aromatic rings. The number of carbonyl (C=O) groups excluding carboxylic acids is 2. The fraction of sp³-hybridized carbons (Fsp3) is 0.636. The van der Waals surface area contributed by atoms with Gasteiger partial charge in [-0.15, -0.1) is 0 Å². The lowest BCUT2D eigenvalue weighted by Gasteiger charge is -2.32. The van der Waals surface area contributed by atoms with E-state index in [2.05, 4.69) is 15.5 Å². The predicted molar refractivity (Wildman–Crippen MR) is 114 cm³/mol. The molecule has 180 valence electrons. The van der Waals surface area contributed by atoms with Gasteiger partial charge in [0.15, 0.2) is 0 Å². The van der Waals surface area contributed by atoms with Crippen LogP contribution in [0, 0.1) is 11.3 Å². The third kappa shape index (κ3) is 6.75. The Kier molecular flexibility index (Phi) is 8.77. The molecule has 0 aliphatic carbocycles. The molecule has 2 rings (SSSR count). The van der Waals surface area contributed by atoms with Crippen LogP contribution in [0.1, 0.15) is 37.0 Å². The molecule has 1 fully saturated rings. The Labute approximate surface area is 186 Å². The molecule has 0 unspecified atom stereocenters. The Morgan fingerprint density at radius 1 is 1.03 bits per heavy atom. The predicted octanol–water partition coefficient (Wildman–Crippen LogP) is 2.85. The summed E-state index contributed by atoms with van der Waals surface area (Å²) >= 11 is 0. The molecule has 1 aliphatic rings. The summed E-state index contributed by atoms with van der Waals surface area (Å²) < 4.78 is 49.1. The van der Waals surface area contributed by atoms with Crippen LogP contribution in [0.5, 0.6) is 11.5 Å². The number of nitrogens with one attached hydrogen (secondary N) is 2. The molecule has 1 aromatic carbocycles. The number of rotatable bonds is 9. The fourth-order valence-electron chi connectivity index (χ4n) is 3.37. The molecule has 0 bridgehead atoms. The van der Waals surface area contributed by atoms with Gasteiger partial charge in [-0.3, -0.25) is 9.59 Å². The highest BCUT2D eigenvalue weighted by atomic mass is 19.4. The number of piperidine rings is 1. The van der Waals surface area contributed by atoms with E-state index in [0.29, 0.717) is 36.1 Å². The van der Waals surface area contributed by atoms with Gasteiger partial charge in [-0.2, -0.15) is 13.2 Å². The Bertz CT molecular complexity index is 769.